The number of amides is 2. The highest BCUT2D eigenvalue weighted by molar-refractivity contribution is 7.98. The second-order valence-corrected chi connectivity index (χ2v) is 19.4. The standard InChI is InChI=1S/C23H18ClN3O3S2.C23H18ClN3OS2/c1-14(28)26-20-13-17(10-11-25-20)22-21(16-4-3-5-18(24)12-16)27-23(31-22)15-6-8-19(9-7-15)32(2,29)30;1-14(28)26-20-13-17(10-11-25-20)22-21(16-4-3-5-18(24)12-16)27-23(30-22)15-6-8-19(29-2)9-7-15/h3-13H,1-2H3,(H,25,26,28);3-13H,1-2H3,(H,25,26,28). The molecule has 8 aromatic rings. The van der Waals surface area contributed by atoms with Crippen molar-refractivity contribution in [1.82, 2.24) is 19.9 Å². The number of hydrogen-bond donors (Lipinski definition) is 2. The summed E-state index contributed by atoms with van der Waals surface area (Å²) in [5.41, 5.74) is 7.02. The fraction of sp³-hybridized carbons (Fsp3) is 0.0870. The number of thiazole rings is 2. The van der Waals surface area contributed by atoms with E-state index in [4.69, 9.17) is 33.2 Å². The number of nitrogens with zero attached hydrogens (tertiary/aromatic N) is 4. The lowest BCUT2D eigenvalue weighted by Crippen LogP contribution is -2.07. The number of aromatic nitrogens is 4. The monoisotopic (exact) mass is 934 g/mol. The summed E-state index contributed by atoms with van der Waals surface area (Å²) in [5, 5.41) is 8.34. The molecule has 2 N–H and O–H groups in total. The molecule has 0 spiro atoms. The Hall–Kier alpha value is -5.74. The van der Waals surface area contributed by atoms with E-state index in [1.807, 2.05) is 60.7 Å². The van der Waals surface area contributed by atoms with Crippen LogP contribution in [0.1, 0.15) is 13.8 Å². The van der Waals surface area contributed by atoms with Crippen molar-refractivity contribution in [2.75, 3.05) is 23.1 Å². The van der Waals surface area contributed by atoms with Crippen molar-refractivity contribution in [2.45, 2.75) is 23.6 Å². The number of nitrogens with one attached hydrogen (secondary N) is 2. The molecule has 62 heavy (non-hydrogen) atoms. The molecule has 0 aliphatic heterocycles. The van der Waals surface area contributed by atoms with E-state index in [-0.39, 0.29) is 16.7 Å². The third kappa shape index (κ3) is 11.0. The molecule has 0 fully saturated rings. The highest BCUT2D eigenvalue weighted by Gasteiger charge is 2.20. The predicted molar refractivity (Wildman–Crippen MR) is 256 cm³/mol. The van der Waals surface area contributed by atoms with Gasteiger partial charge in [-0.1, -0.05) is 71.7 Å². The van der Waals surface area contributed by atoms with E-state index >= 15 is 0 Å². The van der Waals surface area contributed by atoms with Crippen molar-refractivity contribution < 1.29 is 18.0 Å². The summed E-state index contributed by atoms with van der Waals surface area (Å²) in [6.07, 6.45) is 6.55. The van der Waals surface area contributed by atoms with E-state index in [2.05, 4.69) is 51.1 Å². The quantitative estimate of drug-likeness (QED) is 0.128. The molecule has 0 aliphatic carbocycles. The third-order valence-electron chi connectivity index (χ3n) is 8.97. The number of anilines is 2. The maximum absolute atomic E-state index is 11.8. The fourth-order valence-corrected chi connectivity index (χ4v) is 9.76. The molecule has 2 amide bonds. The molecule has 0 radical (unpaired) electrons. The lowest BCUT2D eigenvalue weighted by Gasteiger charge is -2.06. The summed E-state index contributed by atoms with van der Waals surface area (Å²) in [4.78, 5) is 44.5. The van der Waals surface area contributed by atoms with Crippen molar-refractivity contribution in [3.63, 3.8) is 0 Å². The van der Waals surface area contributed by atoms with Gasteiger partial charge in [-0.15, -0.1) is 34.4 Å². The van der Waals surface area contributed by atoms with Gasteiger partial charge in [-0.05, 0) is 90.2 Å². The average molecular weight is 936 g/mol. The molecule has 0 unspecified atom stereocenters. The van der Waals surface area contributed by atoms with E-state index in [0.29, 0.717) is 21.7 Å². The Morgan fingerprint density at radius 2 is 1.02 bits per heavy atom. The molecule has 0 bridgehead atoms. The van der Waals surface area contributed by atoms with Crippen LogP contribution in [0.15, 0.2) is 144 Å². The SMILES string of the molecule is CC(=O)Nc1cc(-c2sc(-c3ccc(S(C)(=O)=O)cc3)nc2-c2cccc(Cl)c2)ccn1.CSc1ccc(-c2nc(-c3cccc(Cl)c3)c(-c3ccnc(NC(C)=O)c3)s2)cc1. The van der Waals surface area contributed by atoms with Crippen LogP contribution in [0.25, 0.3) is 64.5 Å². The first-order valence-electron chi connectivity index (χ1n) is 18.7. The number of pyridine rings is 2. The summed E-state index contributed by atoms with van der Waals surface area (Å²) in [7, 11) is -3.28. The maximum Gasteiger partial charge on any atom is 0.222 e. The van der Waals surface area contributed by atoms with E-state index in [9.17, 15) is 18.0 Å². The zero-order chi connectivity index (χ0) is 44.0. The number of carbonyl (C=O) groups is 2. The second kappa shape index (κ2) is 19.5. The zero-order valence-electron chi connectivity index (χ0n) is 33.5. The second-order valence-electron chi connectivity index (χ2n) is 13.7. The van der Waals surface area contributed by atoms with Crippen LogP contribution >= 0.6 is 57.6 Å². The zero-order valence-corrected chi connectivity index (χ0v) is 38.3. The molecule has 0 atom stereocenters. The maximum atomic E-state index is 11.8. The molecule has 10 nitrogen and oxygen atoms in total. The summed E-state index contributed by atoms with van der Waals surface area (Å²) in [6, 6.07) is 37.6. The van der Waals surface area contributed by atoms with Crippen LogP contribution in [0.3, 0.4) is 0 Å². The van der Waals surface area contributed by atoms with Gasteiger partial charge in [0, 0.05) is 69.7 Å². The van der Waals surface area contributed by atoms with E-state index in [1.165, 1.54) is 36.3 Å². The Labute approximate surface area is 381 Å². The van der Waals surface area contributed by atoms with Gasteiger partial charge >= 0.3 is 0 Å². The summed E-state index contributed by atoms with van der Waals surface area (Å²) in [5.74, 6) is 0.588. The van der Waals surface area contributed by atoms with Crippen molar-refractivity contribution in [3.8, 4) is 64.5 Å². The van der Waals surface area contributed by atoms with Gasteiger partial charge in [0.05, 0.1) is 26.0 Å². The van der Waals surface area contributed by atoms with Gasteiger partial charge in [0.1, 0.15) is 21.7 Å². The van der Waals surface area contributed by atoms with Gasteiger partial charge in [-0.3, -0.25) is 9.59 Å². The minimum Gasteiger partial charge on any atom is -0.311 e. The minimum atomic E-state index is -3.28. The fourth-order valence-electron chi connectivity index (χ4n) is 6.16. The first-order valence-corrected chi connectivity index (χ1v) is 24.2. The number of halogens is 2. The smallest absolute Gasteiger partial charge is 0.222 e. The predicted octanol–water partition coefficient (Wildman–Crippen LogP) is 12.4. The molecular weight excluding hydrogens is 900 g/mol. The average Bonchev–Trinajstić information content (AvgIpc) is 3.90. The van der Waals surface area contributed by atoms with Crippen molar-refractivity contribution in [3.05, 3.63) is 144 Å². The molecule has 4 heterocycles. The van der Waals surface area contributed by atoms with Crippen LogP contribution in [0.2, 0.25) is 10.0 Å². The number of thioether (sulfide) groups is 1. The van der Waals surface area contributed by atoms with Crippen LogP contribution in [-0.4, -0.2) is 52.7 Å². The van der Waals surface area contributed by atoms with Crippen LogP contribution in [0.5, 0.6) is 0 Å². The molecule has 0 saturated carbocycles. The highest BCUT2D eigenvalue weighted by atomic mass is 35.5. The summed E-state index contributed by atoms with van der Waals surface area (Å²) in [6.45, 7) is 2.89. The number of benzene rings is 4. The minimum absolute atomic E-state index is 0.159. The van der Waals surface area contributed by atoms with Gasteiger partial charge in [-0.25, -0.2) is 28.4 Å². The Morgan fingerprint density at radius 3 is 1.40 bits per heavy atom. The molecule has 16 heteroatoms. The van der Waals surface area contributed by atoms with E-state index < -0.39 is 9.84 Å². The van der Waals surface area contributed by atoms with E-state index in [1.54, 1.807) is 71.9 Å². The first kappa shape index (κ1) is 44.3. The molecule has 4 aromatic carbocycles. The van der Waals surface area contributed by atoms with Crippen molar-refractivity contribution in [1.29, 1.82) is 0 Å². The van der Waals surface area contributed by atoms with E-state index in [0.717, 1.165) is 64.5 Å². The largest absolute Gasteiger partial charge is 0.311 e. The first-order chi connectivity index (χ1) is 29.7. The number of hydrogen-bond acceptors (Lipinski definition) is 11. The van der Waals surface area contributed by atoms with Crippen LogP contribution in [-0.2, 0) is 19.4 Å². The van der Waals surface area contributed by atoms with Crippen LogP contribution in [0.4, 0.5) is 11.6 Å². The van der Waals surface area contributed by atoms with Gasteiger partial charge in [-0.2, -0.15) is 0 Å². The Morgan fingerprint density at radius 1 is 0.581 bits per heavy atom. The topological polar surface area (TPSA) is 144 Å². The van der Waals surface area contributed by atoms with Crippen molar-refractivity contribution in [2.24, 2.45) is 0 Å². The van der Waals surface area contributed by atoms with Gasteiger partial charge in [0.25, 0.3) is 0 Å². The van der Waals surface area contributed by atoms with Gasteiger partial charge in [0.2, 0.25) is 11.8 Å². The van der Waals surface area contributed by atoms with Crippen molar-refractivity contribution >= 4 is 90.9 Å². The third-order valence-corrected chi connectivity index (χ3v) is 13.6. The lowest BCUT2D eigenvalue weighted by atomic mass is 10.1. The molecule has 0 aliphatic rings. The Kier molecular flexibility index (Phi) is 14.0. The molecular formula is C46H36Cl2N6O4S4. The Balaban J connectivity index is 0.000000187. The number of carbonyl (C=O) groups excluding carboxylic acids is 2. The van der Waals surface area contributed by atoms with Crippen LogP contribution in [0, 0.1) is 0 Å². The van der Waals surface area contributed by atoms with Crippen LogP contribution < -0.4 is 10.6 Å². The van der Waals surface area contributed by atoms with Gasteiger partial charge < -0.3 is 10.6 Å². The van der Waals surface area contributed by atoms with Gasteiger partial charge in [0.15, 0.2) is 9.84 Å². The summed E-state index contributed by atoms with van der Waals surface area (Å²) < 4.78 is 23.6. The number of rotatable bonds is 10. The Bertz CT molecular complexity index is 3030. The molecule has 0 saturated heterocycles. The molecule has 8 rings (SSSR count). The molecule has 4 aromatic heterocycles. The number of sulfone groups is 1. The lowest BCUT2D eigenvalue weighted by molar-refractivity contribution is -0.115. The summed E-state index contributed by atoms with van der Waals surface area (Å²) >= 11 is 17.2. The molecule has 312 valence electrons. The highest BCUT2D eigenvalue weighted by Crippen LogP contribution is 2.43. The normalized spacial score (nSPS) is 11.1.